The molecule has 0 saturated carbocycles. The van der Waals surface area contributed by atoms with Gasteiger partial charge in [0.25, 0.3) is 5.92 Å². The van der Waals surface area contributed by atoms with Crippen LogP contribution in [0.25, 0.3) is 0 Å². The lowest BCUT2D eigenvalue weighted by molar-refractivity contribution is -0.127. The minimum Gasteiger partial charge on any atom is -0.438 e. The molecule has 1 aliphatic heterocycles. The van der Waals surface area contributed by atoms with Crippen molar-refractivity contribution in [2.45, 2.75) is 32.6 Å². The molecule has 2 rings (SSSR count). The van der Waals surface area contributed by atoms with Crippen LogP contribution in [0.4, 0.5) is 8.78 Å². The summed E-state index contributed by atoms with van der Waals surface area (Å²) in [5.74, 6) is -2.49. The minimum atomic E-state index is -2.96. The zero-order chi connectivity index (χ0) is 20.7. The predicted molar refractivity (Wildman–Crippen MR) is 105 cm³/mol. The van der Waals surface area contributed by atoms with Crippen molar-refractivity contribution in [1.82, 2.24) is 9.88 Å². The van der Waals surface area contributed by atoms with Gasteiger partial charge in [-0.1, -0.05) is 19.2 Å². The molecule has 0 aliphatic carbocycles. The number of pyridine rings is 1. The molecule has 0 unspecified atom stereocenters. The molecule has 0 radical (unpaired) electrons. The maximum Gasteiger partial charge on any atom is 0.272 e. The minimum absolute atomic E-state index is 0.0665. The Bertz CT molecular complexity index is 772. The van der Waals surface area contributed by atoms with Crippen LogP contribution in [0.15, 0.2) is 60.6 Å². The average Bonchev–Trinajstić information content (AvgIpc) is 2.68. The fraction of sp³-hybridized carbons (Fsp3) is 0.381. The van der Waals surface area contributed by atoms with Crippen LogP contribution in [0.5, 0.6) is 5.88 Å². The molecule has 0 N–H and O–H groups in total. The fourth-order valence-corrected chi connectivity index (χ4v) is 2.94. The summed E-state index contributed by atoms with van der Waals surface area (Å²) in [6.07, 6.45) is 7.27. The van der Waals surface area contributed by atoms with Gasteiger partial charge in [-0.2, -0.15) is 0 Å². The molecule has 0 aromatic carbocycles. The van der Waals surface area contributed by atoms with E-state index in [0.717, 1.165) is 13.1 Å². The van der Waals surface area contributed by atoms with E-state index in [-0.39, 0.29) is 23.3 Å². The van der Waals surface area contributed by atoms with E-state index in [1.165, 1.54) is 18.2 Å². The number of halogens is 2. The number of hydrogen-bond acceptors (Lipinski definition) is 4. The Morgan fingerprint density at radius 1 is 1.39 bits per heavy atom. The third kappa shape index (κ3) is 5.58. The lowest BCUT2D eigenvalue weighted by Gasteiger charge is -2.32. The Hall–Kier alpha value is -2.83. The Morgan fingerprint density at radius 3 is 2.57 bits per heavy atom. The van der Waals surface area contributed by atoms with Gasteiger partial charge in [-0.05, 0) is 31.9 Å². The van der Waals surface area contributed by atoms with E-state index < -0.39 is 5.92 Å². The van der Waals surface area contributed by atoms with E-state index in [0.29, 0.717) is 37.4 Å². The number of likely N-dealkylation sites (tertiary alicyclic amines) is 1. The molecule has 150 valence electrons. The Labute approximate surface area is 164 Å². The van der Waals surface area contributed by atoms with Gasteiger partial charge in [0.05, 0.1) is 5.71 Å². The smallest absolute Gasteiger partial charge is 0.272 e. The number of alkyl halides is 2. The van der Waals surface area contributed by atoms with Crippen molar-refractivity contribution in [3.63, 3.8) is 0 Å². The Balaban J connectivity index is 2.10. The summed E-state index contributed by atoms with van der Waals surface area (Å²) in [6.45, 7) is 11.3. The largest absolute Gasteiger partial charge is 0.438 e. The number of piperidine rings is 1. The number of rotatable bonds is 7. The molecular formula is C21H25F2N3O2. The number of nitrogens with zero attached hydrogens (tertiary/aromatic N) is 3. The molecule has 1 fully saturated rings. The highest BCUT2D eigenvalue weighted by atomic mass is 19.3. The number of amides is 1. The molecule has 1 aliphatic rings. The van der Waals surface area contributed by atoms with Crippen LogP contribution in [0.3, 0.4) is 0 Å². The van der Waals surface area contributed by atoms with Crippen molar-refractivity contribution in [1.29, 1.82) is 0 Å². The standard InChI is InChI=1S/C21H25F2N3O2/c1-5-11-24-20(16-9-12-26(13-10-16)19(27)6-2)15(3)28-18-8-7-17(14-25-18)21(4,22)23/h5-8,11,14,16H,2-3,9-10,12-13H2,1,4H3/b11-5-,24-20+. The van der Waals surface area contributed by atoms with Crippen LogP contribution in [0, 0.1) is 5.92 Å². The van der Waals surface area contributed by atoms with E-state index in [1.807, 2.05) is 6.92 Å². The number of ether oxygens (including phenoxy) is 1. The summed E-state index contributed by atoms with van der Waals surface area (Å²) < 4.78 is 32.3. The van der Waals surface area contributed by atoms with E-state index in [9.17, 15) is 13.6 Å². The highest BCUT2D eigenvalue weighted by molar-refractivity contribution is 6.00. The van der Waals surface area contributed by atoms with Crippen LogP contribution in [0.2, 0.25) is 0 Å². The lowest BCUT2D eigenvalue weighted by atomic mass is 9.91. The third-order valence-corrected chi connectivity index (χ3v) is 4.49. The number of hydrogen-bond donors (Lipinski definition) is 0. The predicted octanol–water partition coefficient (Wildman–Crippen LogP) is 4.49. The van der Waals surface area contributed by atoms with Crippen LogP contribution < -0.4 is 4.74 Å². The first kappa shape index (κ1) is 21.5. The number of aromatic nitrogens is 1. The van der Waals surface area contributed by atoms with Gasteiger partial charge in [0.1, 0.15) is 5.76 Å². The maximum absolute atomic E-state index is 13.3. The van der Waals surface area contributed by atoms with E-state index in [2.05, 4.69) is 23.1 Å². The Morgan fingerprint density at radius 2 is 2.07 bits per heavy atom. The zero-order valence-corrected chi connectivity index (χ0v) is 16.2. The third-order valence-electron chi connectivity index (χ3n) is 4.49. The van der Waals surface area contributed by atoms with Crippen LogP contribution in [0.1, 0.15) is 32.3 Å². The molecule has 1 aromatic heterocycles. The fourth-order valence-electron chi connectivity index (χ4n) is 2.94. The highest BCUT2D eigenvalue weighted by Gasteiger charge is 2.28. The van der Waals surface area contributed by atoms with Crippen molar-refractivity contribution in [3.8, 4) is 5.88 Å². The lowest BCUT2D eigenvalue weighted by Crippen LogP contribution is -2.40. The van der Waals surface area contributed by atoms with Crippen molar-refractivity contribution in [2.75, 3.05) is 13.1 Å². The first-order valence-electron chi connectivity index (χ1n) is 9.08. The quantitative estimate of drug-likeness (QED) is 0.392. The molecule has 2 heterocycles. The van der Waals surface area contributed by atoms with Gasteiger partial charge in [-0.15, -0.1) is 0 Å². The van der Waals surface area contributed by atoms with Gasteiger partial charge in [0.2, 0.25) is 11.8 Å². The SMILES string of the molecule is C=CC(=O)N1CCC(/C(=N/C=C\C)C(=C)Oc2ccc(C(C)(F)F)cn2)CC1. The monoisotopic (exact) mass is 389 g/mol. The molecule has 5 nitrogen and oxygen atoms in total. The second-order valence-corrected chi connectivity index (χ2v) is 6.60. The summed E-state index contributed by atoms with van der Waals surface area (Å²) in [7, 11) is 0. The molecule has 0 bridgehead atoms. The molecule has 1 aromatic rings. The summed E-state index contributed by atoms with van der Waals surface area (Å²) in [5, 5.41) is 0. The van der Waals surface area contributed by atoms with Gasteiger partial charge in [0, 0.05) is 50.0 Å². The second kappa shape index (κ2) is 9.39. The van der Waals surface area contributed by atoms with Crippen LogP contribution >= 0.6 is 0 Å². The summed E-state index contributed by atoms with van der Waals surface area (Å²) in [5.41, 5.74) is 0.475. The summed E-state index contributed by atoms with van der Waals surface area (Å²) in [6, 6.07) is 2.66. The van der Waals surface area contributed by atoms with Crippen molar-refractivity contribution >= 4 is 11.6 Å². The number of carbonyl (C=O) groups excluding carboxylic acids is 1. The zero-order valence-electron chi connectivity index (χ0n) is 16.2. The summed E-state index contributed by atoms with van der Waals surface area (Å²) >= 11 is 0. The highest BCUT2D eigenvalue weighted by Crippen LogP contribution is 2.28. The number of aliphatic imine (C=N–C) groups is 1. The van der Waals surface area contributed by atoms with Gasteiger partial charge < -0.3 is 9.64 Å². The first-order chi connectivity index (χ1) is 13.3. The van der Waals surface area contributed by atoms with Gasteiger partial charge in [-0.3, -0.25) is 9.79 Å². The van der Waals surface area contributed by atoms with Crippen molar-refractivity contribution in [3.05, 3.63) is 61.2 Å². The summed E-state index contributed by atoms with van der Waals surface area (Å²) in [4.78, 5) is 21.9. The van der Waals surface area contributed by atoms with E-state index in [4.69, 9.17) is 4.74 Å². The number of carbonyl (C=O) groups is 1. The van der Waals surface area contributed by atoms with Gasteiger partial charge in [0.15, 0.2) is 0 Å². The molecular weight excluding hydrogens is 364 g/mol. The van der Waals surface area contributed by atoms with Crippen LogP contribution in [-0.2, 0) is 10.7 Å². The molecule has 7 heteroatoms. The molecule has 0 spiro atoms. The van der Waals surface area contributed by atoms with Gasteiger partial charge >= 0.3 is 0 Å². The van der Waals surface area contributed by atoms with E-state index in [1.54, 1.807) is 17.2 Å². The molecule has 28 heavy (non-hydrogen) atoms. The number of allylic oxidation sites excluding steroid dienone is 2. The van der Waals surface area contributed by atoms with Crippen LogP contribution in [-0.4, -0.2) is 34.6 Å². The first-order valence-corrected chi connectivity index (χ1v) is 9.08. The molecule has 1 amide bonds. The normalized spacial score (nSPS) is 16.3. The van der Waals surface area contributed by atoms with Crippen molar-refractivity contribution in [2.24, 2.45) is 10.9 Å². The topological polar surface area (TPSA) is 54.8 Å². The average molecular weight is 389 g/mol. The molecule has 1 saturated heterocycles. The second-order valence-electron chi connectivity index (χ2n) is 6.60. The van der Waals surface area contributed by atoms with Gasteiger partial charge in [-0.25, -0.2) is 13.8 Å². The Kier molecular flexibility index (Phi) is 7.20. The van der Waals surface area contributed by atoms with E-state index >= 15 is 0 Å². The van der Waals surface area contributed by atoms with Crippen molar-refractivity contribution < 1.29 is 18.3 Å². The molecule has 0 atom stereocenters. The maximum atomic E-state index is 13.3.